The summed E-state index contributed by atoms with van der Waals surface area (Å²) < 4.78 is 11.3. The van der Waals surface area contributed by atoms with Crippen LogP contribution >= 0.6 is 0 Å². The highest BCUT2D eigenvalue weighted by atomic mass is 16.6. The van der Waals surface area contributed by atoms with Gasteiger partial charge in [-0.3, -0.25) is 0 Å². The van der Waals surface area contributed by atoms with E-state index in [-0.39, 0.29) is 5.92 Å². The minimum Gasteiger partial charge on any atom is -0.486 e. The maximum absolute atomic E-state index is 5.96. The summed E-state index contributed by atoms with van der Waals surface area (Å²) in [4.78, 5) is 3.08. The van der Waals surface area contributed by atoms with E-state index in [4.69, 9.17) is 15.2 Å². The van der Waals surface area contributed by atoms with Crippen molar-refractivity contribution < 1.29 is 9.47 Å². The van der Waals surface area contributed by atoms with Crippen molar-refractivity contribution in [1.29, 1.82) is 0 Å². The van der Waals surface area contributed by atoms with E-state index in [1.54, 1.807) is 0 Å². The van der Waals surface area contributed by atoms with Crippen LogP contribution in [0.4, 0.5) is 0 Å². The molecule has 4 heteroatoms. The molecule has 4 nitrogen and oxygen atoms in total. The normalized spacial score (nSPS) is 15.3. The van der Waals surface area contributed by atoms with Crippen molar-refractivity contribution in [2.75, 3.05) is 19.8 Å². The van der Waals surface area contributed by atoms with E-state index < -0.39 is 0 Å². The molecule has 0 amide bonds. The lowest BCUT2D eigenvalue weighted by atomic mass is 9.89. The molecular formula is C15H18N2O2. The fourth-order valence-electron chi connectivity index (χ4n) is 2.58. The number of nitrogens with two attached hydrogens (primary N) is 1. The molecule has 1 unspecified atom stereocenters. The van der Waals surface area contributed by atoms with Crippen LogP contribution in [0.15, 0.2) is 30.6 Å². The fraction of sp³-hybridized carbons (Fsp3) is 0.333. The molecule has 1 aliphatic heterocycles. The molecule has 0 radical (unpaired) electrons. The number of aryl methyl sites for hydroxylation is 1. The molecule has 0 spiro atoms. The van der Waals surface area contributed by atoms with E-state index >= 15 is 0 Å². The number of aromatic amines is 1. The second kappa shape index (κ2) is 4.97. The third-order valence-electron chi connectivity index (χ3n) is 3.57. The first-order valence-electron chi connectivity index (χ1n) is 6.52. The average Bonchev–Trinajstić information content (AvgIpc) is 2.94. The van der Waals surface area contributed by atoms with Crippen LogP contribution in [-0.2, 0) is 0 Å². The molecule has 0 saturated heterocycles. The van der Waals surface area contributed by atoms with Gasteiger partial charge in [0.25, 0.3) is 0 Å². The van der Waals surface area contributed by atoms with Crippen molar-refractivity contribution in [3.05, 3.63) is 47.3 Å². The summed E-state index contributed by atoms with van der Waals surface area (Å²) in [6.45, 7) is 3.87. The zero-order valence-electron chi connectivity index (χ0n) is 11.0. The number of aromatic nitrogens is 1. The molecule has 1 aliphatic rings. The van der Waals surface area contributed by atoms with Crippen LogP contribution in [0.5, 0.6) is 11.5 Å². The number of ether oxygens (including phenoxy) is 2. The van der Waals surface area contributed by atoms with E-state index in [1.165, 1.54) is 16.7 Å². The topological polar surface area (TPSA) is 60.3 Å². The zero-order valence-corrected chi connectivity index (χ0v) is 11.0. The van der Waals surface area contributed by atoms with Gasteiger partial charge in [0.05, 0.1) is 0 Å². The third-order valence-corrected chi connectivity index (χ3v) is 3.57. The minimum absolute atomic E-state index is 0.182. The maximum atomic E-state index is 5.96. The van der Waals surface area contributed by atoms with Gasteiger partial charge in [0.1, 0.15) is 13.2 Å². The number of hydrogen-bond donors (Lipinski definition) is 2. The Labute approximate surface area is 112 Å². The summed E-state index contributed by atoms with van der Waals surface area (Å²) in [6, 6.07) is 6.17. The zero-order chi connectivity index (χ0) is 13.2. The van der Waals surface area contributed by atoms with Crippen LogP contribution in [0.1, 0.15) is 22.6 Å². The number of fused-ring (bicyclic) bond motifs is 1. The Morgan fingerprint density at radius 1 is 1.26 bits per heavy atom. The Morgan fingerprint density at radius 2 is 2.00 bits per heavy atom. The summed E-state index contributed by atoms with van der Waals surface area (Å²) in [5.74, 6) is 1.83. The van der Waals surface area contributed by atoms with Crippen molar-refractivity contribution in [3.8, 4) is 11.5 Å². The van der Waals surface area contributed by atoms with Gasteiger partial charge in [-0.15, -0.1) is 0 Å². The summed E-state index contributed by atoms with van der Waals surface area (Å²) in [5, 5.41) is 0. The first kappa shape index (κ1) is 12.1. The SMILES string of the molecule is Cc1cc2c(cc1C(CN)c1cc[nH]c1)OCCO2. The van der Waals surface area contributed by atoms with Gasteiger partial charge in [-0.1, -0.05) is 0 Å². The summed E-state index contributed by atoms with van der Waals surface area (Å²) in [6.07, 6.45) is 3.92. The van der Waals surface area contributed by atoms with Gasteiger partial charge in [0.2, 0.25) is 0 Å². The highest BCUT2D eigenvalue weighted by Crippen LogP contribution is 2.37. The van der Waals surface area contributed by atoms with E-state index in [0.717, 1.165) is 11.5 Å². The van der Waals surface area contributed by atoms with Crippen molar-refractivity contribution in [2.45, 2.75) is 12.8 Å². The molecule has 0 saturated carbocycles. The van der Waals surface area contributed by atoms with E-state index in [2.05, 4.69) is 24.0 Å². The van der Waals surface area contributed by atoms with Crippen LogP contribution in [0, 0.1) is 6.92 Å². The van der Waals surface area contributed by atoms with Gasteiger partial charge >= 0.3 is 0 Å². The van der Waals surface area contributed by atoms with E-state index in [9.17, 15) is 0 Å². The van der Waals surface area contributed by atoms with Gasteiger partial charge in [-0.25, -0.2) is 0 Å². The second-order valence-electron chi connectivity index (χ2n) is 4.79. The Balaban J connectivity index is 2.04. The first-order valence-corrected chi connectivity index (χ1v) is 6.52. The van der Waals surface area contributed by atoms with Crippen LogP contribution in [-0.4, -0.2) is 24.7 Å². The molecule has 3 N–H and O–H groups in total. The second-order valence-corrected chi connectivity index (χ2v) is 4.79. The Kier molecular flexibility index (Phi) is 3.17. The molecule has 3 rings (SSSR count). The van der Waals surface area contributed by atoms with Gasteiger partial charge in [-0.05, 0) is 41.8 Å². The lowest BCUT2D eigenvalue weighted by molar-refractivity contribution is 0.171. The largest absolute Gasteiger partial charge is 0.486 e. The van der Waals surface area contributed by atoms with Crippen LogP contribution in [0.3, 0.4) is 0 Å². The number of rotatable bonds is 3. The molecule has 1 atom stereocenters. The number of nitrogens with one attached hydrogen (secondary N) is 1. The molecule has 0 bridgehead atoms. The molecule has 2 heterocycles. The van der Waals surface area contributed by atoms with E-state index in [1.807, 2.05) is 18.5 Å². The Hall–Kier alpha value is -1.94. The monoisotopic (exact) mass is 258 g/mol. The van der Waals surface area contributed by atoms with Crippen LogP contribution < -0.4 is 15.2 Å². The smallest absolute Gasteiger partial charge is 0.161 e. The molecular weight excluding hydrogens is 240 g/mol. The predicted molar refractivity (Wildman–Crippen MR) is 73.9 cm³/mol. The lowest BCUT2D eigenvalue weighted by Gasteiger charge is -2.23. The number of hydrogen-bond acceptors (Lipinski definition) is 3. The maximum Gasteiger partial charge on any atom is 0.161 e. The quantitative estimate of drug-likeness (QED) is 0.887. The standard InChI is InChI=1S/C15H18N2O2/c1-10-6-14-15(19-5-4-18-14)7-12(10)13(8-16)11-2-3-17-9-11/h2-3,6-7,9,13,17H,4-5,8,16H2,1H3. The fourth-order valence-corrected chi connectivity index (χ4v) is 2.58. The van der Waals surface area contributed by atoms with Gasteiger partial charge < -0.3 is 20.2 Å². The molecule has 100 valence electrons. The summed E-state index contributed by atoms with van der Waals surface area (Å²) in [5.41, 5.74) is 9.53. The molecule has 0 fully saturated rings. The molecule has 2 aromatic rings. The first-order chi connectivity index (χ1) is 9.29. The molecule has 1 aromatic carbocycles. The molecule has 1 aromatic heterocycles. The third kappa shape index (κ3) is 2.19. The minimum atomic E-state index is 0.182. The lowest BCUT2D eigenvalue weighted by Crippen LogP contribution is -2.18. The number of H-pyrrole nitrogens is 1. The highest BCUT2D eigenvalue weighted by molar-refractivity contribution is 5.50. The molecule has 19 heavy (non-hydrogen) atoms. The van der Waals surface area contributed by atoms with Crippen molar-refractivity contribution >= 4 is 0 Å². The van der Waals surface area contributed by atoms with E-state index in [0.29, 0.717) is 19.8 Å². The number of benzene rings is 1. The van der Waals surface area contributed by atoms with Gasteiger partial charge in [-0.2, -0.15) is 0 Å². The van der Waals surface area contributed by atoms with Crippen molar-refractivity contribution in [2.24, 2.45) is 5.73 Å². The van der Waals surface area contributed by atoms with Gasteiger partial charge in [0, 0.05) is 24.9 Å². The van der Waals surface area contributed by atoms with Crippen molar-refractivity contribution in [1.82, 2.24) is 4.98 Å². The molecule has 0 aliphatic carbocycles. The Morgan fingerprint density at radius 3 is 2.63 bits per heavy atom. The summed E-state index contributed by atoms with van der Waals surface area (Å²) >= 11 is 0. The van der Waals surface area contributed by atoms with Crippen molar-refractivity contribution in [3.63, 3.8) is 0 Å². The predicted octanol–water partition coefficient (Wildman–Crippen LogP) is 2.18. The van der Waals surface area contributed by atoms with Crippen LogP contribution in [0.2, 0.25) is 0 Å². The average molecular weight is 258 g/mol. The highest BCUT2D eigenvalue weighted by Gasteiger charge is 2.20. The summed E-state index contributed by atoms with van der Waals surface area (Å²) in [7, 11) is 0. The Bertz CT molecular complexity index is 564. The van der Waals surface area contributed by atoms with Crippen LogP contribution in [0.25, 0.3) is 0 Å². The van der Waals surface area contributed by atoms with Gasteiger partial charge in [0.15, 0.2) is 11.5 Å².